The third-order valence-corrected chi connectivity index (χ3v) is 4.27. The maximum atomic E-state index is 12.2. The van der Waals surface area contributed by atoms with E-state index in [1.807, 2.05) is 19.1 Å². The SMILES string of the molecule is CCNC(=NCCCCC(F)(F)F)N1CCN(c2ccccc2O)CC1. The number of rotatable bonds is 6. The van der Waals surface area contributed by atoms with Crippen molar-refractivity contribution in [2.24, 2.45) is 4.99 Å². The summed E-state index contributed by atoms with van der Waals surface area (Å²) in [4.78, 5) is 8.71. The molecule has 0 aromatic heterocycles. The number of halogens is 3. The molecule has 2 rings (SSSR count). The van der Waals surface area contributed by atoms with Crippen molar-refractivity contribution >= 4 is 11.6 Å². The first kappa shape index (κ1) is 20.2. The molecule has 0 radical (unpaired) electrons. The first-order valence-corrected chi connectivity index (χ1v) is 9.03. The quantitative estimate of drug-likeness (QED) is 0.457. The molecule has 1 aromatic rings. The molecule has 0 atom stereocenters. The fraction of sp³-hybridized carbons (Fsp3) is 0.611. The van der Waals surface area contributed by atoms with Crippen LogP contribution in [-0.2, 0) is 0 Å². The summed E-state index contributed by atoms with van der Waals surface area (Å²) >= 11 is 0. The number of phenols is 1. The molecule has 0 aliphatic carbocycles. The average Bonchev–Trinajstić information content (AvgIpc) is 2.60. The van der Waals surface area contributed by atoms with E-state index in [1.54, 1.807) is 12.1 Å². The summed E-state index contributed by atoms with van der Waals surface area (Å²) in [6, 6.07) is 7.26. The van der Waals surface area contributed by atoms with Crippen molar-refractivity contribution in [1.29, 1.82) is 0 Å². The molecule has 1 aliphatic heterocycles. The predicted octanol–water partition coefficient (Wildman–Crippen LogP) is 3.21. The Bertz CT molecular complexity index is 584. The first-order chi connectivity index (χ1) is 12.4. The summed E-state index contributed by atoms with van der Waals surface area (Å²) in [6.45, 7) is 6.04. The normalized spacial score (nSPS) is 16.1. The minimum Gasteiger partial charge on any atom is -0.506 e. The van der Waals surface area contributed by atoms with E-state index in [1.165, 1.54) is 0 Å². The van der Waals surface area contributed by atoms with Gasteiger partial charge in [-0.05, 0) is 31.9 Å². The van der Waals surface area contributed by atoms with Gasteiger partial charge in [-0.15, -0.1) is 0 Å². The van der Waals surface area contributed by atoms with Gasteiger partial charge in [0.2, 0.25) is 0 Å². The fourth-order valence-electron chi connectivity index (χ4n) is 2.94. The van der Waals surface area contributed by atoms with Crippen LogP contribution in [0.3, 0.4) is 0 Å². The molecule has 0 amide bonds. The van der Waals surface area contributed by atoms with Crippen molar-refractivity contribution in [3.63, 3.8) is 0 Å². The maximum absolute atomic E-state index is 12.2. The minimum atomic E-state index is -4.09. The molecule has 1 heterocycles. The molecule has 0 spiro atoms. The van der Waals surface area contributed by atoms with Gasteiger partial charge >= 0.3 is 6.18 Å². The number of aliphatic imine (C=N–C) groups is 1. The average molecular weight is 372 g/mol. The predicted molar refractivity (Wildman–Crippen MR) is 97.8 cm³/mol. The summed E-state index contributed by atoms with van der Waals surface area (Å²) in [6.07, 6.45) is -4.31. The molecule has 1 fully saturated rings. The molecule has 26 heavy (non-hydrogen) atoms. The fourth-order valence-corrected chi connectivity index (χ4v) is 2.94. The molecule has 146 valence electrons. The number of guanidine groups is 1. The molecule has 0 bridgehead atoms. The Labute approximate surface area is 152 Å². The Kier molecular flexibility index (Phi) is 7.41. The van der Waals surface area contributed by atoms with Crippen LogP contribution in [-0.4, -0.2) is 61.4 Å². The van der Waals surface area contributed by atoms with Crippen LogP contribution in [0.4, 0.5) is 18.9 Å². The van der Waals surface area contributed by atoms with Crippen molar-refractivity contribution in [3.05, 3.63) is 24.3 Å². The lowest BCUT2D eigenvalue weighted by Gasteiger charge is -2.37. The molecule has 8 heteroatoms. The van der Waals surface area contributed by atoms with E-state index in [0.717, 1.165) is 37.8 Å². The monoisotopic (exact) mass is 372 g/mol. The Balaban J connectivity index is 1.85. The Morgan fingerprint density at radius 1 is 1.15 bits per heavy atom. The van der Waals surface area contributed by atoms with E-state index in [4.69, 9.17) is 0 Å². The lowest BCUT2D eigenvalue weighted by Crippen LogP contribution is -2.52. The highest BCUT2D eigenvalue weighted by Gasteiger charge is 2.26. The molecule has 0 saturated carbocycles. The van der Waals surface area contributed by atoms with Gasteiger partial charge in [0.05, 0.1) is 5.69 Å². The van der Waals surface area contributed by atoms with Crippen molar-refractivity contribution in [2.75, 3.05) is 44.2 Å². The van der Waals surface area contributed by atoms with Gasteiger partial charge in [-0.1, -0.05) is 12.1 Å². The number of anilines is 1. The number of nitrogens with one attached hydrogen (secondary N) is 1. The molecule has 1 saturated heterocycles. The number of hydrogen-bond acceptors (Lipinski definition) is 3. The van der Waals surface area contributed by atoms with E-state index < -0.39 is 12.6 Å². The van der Waals surface area contributed by atoms with Crippen LogP contribution in [0.2, 0.25) is 0 Å². The zero-order valence-corrected chi connectivity index (χ0v) is 15.1. The van der Waals surface area contributed by atoms with Gasteiger partial charge in [-0.2, -0.15) is 13.2 Å². The molecule has 0 unspecified atom stereocenters. The van der Waals surface area contributed by atoms with Crippen LogP contribution in [0.25, 0.3) is 0 Å². The van der Waals surface area contributed by atoms with Crippen LogP contribution >= 0.6 is 0 Å². The second-order valence-corrected chi connectivity index (χ2v) is 6.27. The standard InChI is InChI=1S/C18H27F3N4O/c1-2-22-17(23-10-6-5-9-18(19,20)21)25-13-11-24(12-14-25)15-7-3-4-8-16(15)26/h3-4,7-8,26H,2,5-6,9-14H2,1H3,(H,22,23). The van der Waals surface area contributed by atoms with Gasteiger partial charge in [0.25, 0.3) is 0 Å². The summed E-state index contributed by atoms with van der Waals surface area (Å²) in [5, 5.41) is 13.2. The molecular formula is C18H27F3N4O. The number of phenolic OH excluding ortho intramolecular Hbond substituents is 1. The van der Waals surface area contributed by atoms with Crippen molar-refractivity contribution in [3.8, 4) is 5.75 Å². The lowest BCUT2D eigenvalue weighted by molar-refractivity contribution is -0.135. The number of aromatic hydroxyl groups is 1. The van der Waals surface area contributed by atoms with Crippen LogP contribution < -0.4 is 10.2 Å². The number of alkyl halides is 3. The lowest BCUT2D eigenvalue weighted by atomic mass is 10.2. The van der Waals surface area contributed by atoms with Gasteiger partial charge < -0.3 is 20.2 Å². The summed E-state index contributed by atoms with van der Waals surface area (Å²) in [5.74, 6) is 1.02. The van der Waals surface area contributed by atoms with Crippen LogP contribution in [0.5, 0.6) is 5.75 Å². The highest BCUT2D eigenvalue weighted by atomic mass is 19.4. The third kappa shape index (κ3) is 6.31. The number of unbranched alkanes of at least 4 members (excludes halogenated alkanes) is 1. The summed E-state index contributed by atoms with van der Waals surface area (Å²) in [7, 11) is 0. The third-order valence-electron chi connectivity index (χ3n) is 4.27. The highest BCUT2D eigenvalue weighted by molar-refractivity contribution is 5.80. The molecule has 1 aliphatic rings. The maximum Gasteiger partial charge on any atom is 0.389 e. The summed E-state index contributed by atoms with van der Waals surface area (Å²) < 4.78 is 36.5. The number of para-hydroxylation sites is 2. The van der Waals surface area contributed by atoms with Gasteiger partial charge in [0.15, 0.2) is 5.96 Å². The van der Waals surface area contributed by atoms with Crippen LogP contribution in [0.15, 0.2) is 29.3 Å². The topological polar surface area (TPSA) is 51.1 Å². The van der Waals surface area contributed by atoms with Crippen molar-refractivity contribution < 1.29 is 18.3 Å². The number of benzene rings is 1. The molecule has 2 N–H and O–H groups in total. The van der Waals surface area contributed by atoms with Crippen molar-refractivity contribution in [1.82, 2.24) is 10.2 Å². The van der Waals surface area contributed by atoms with Gasteiger partial charge in [-0.3, -0.25) is 4.99 Å². The summed E-state index contributed by atoms with van der Waals surface area (Å²) in [5.41, 5.74) is 0.821. The van der Waals surface area contributed by atoms with Crippen molar-refractivity contribution in [2.45, 2.75) is 32.4 Å². The van der Waals surface area contributed by atoms with Gasteiger partial charge in [0, 0.05) is 45.7 Å². The number of hydrogen-bond donors (Lipinski definition) is 2. The Morgan fingerprint density at radius 2 is 1.85 bits per heavy atom. The number of nitrogens with zero attached hydrogens (tertiary/aromatic N) is 3. The zero-order valence-electron chi connectivity index (χ0n) is 15.1. The second-order valence-electron chi connectivity index (χ2n) is 6.27. The van der Waals surface area contributed by atoms with E-state index in [0.29, 0.717) is 19.5 Å². The molecular weight excluding hydrogens is 345 g/mol. The van der Waals surface area contributed by atoms with Crippen LogP contribution in [0, 0.1) is 0 Å². The second kappa shape index (κ2) is 9.54. The Hall–Kier alpha value is -2.12. The minimum absolute atomic E-state index is 0.105. The van der Waals surface area contributed by atoms with E-state index in [9.17, 15) is 18.3 Å². The zero-order chi connectivity index (χ0) is 19.0. The smallest absolute Gasteiger partial charge is 0.389 e. The van der Waals surface area contributed by atoms with E-state index in [-0.39, 0.29) is 12.2 Å². The Morgan fingerprint density at radius 3 is 2.46 bits per heavy atom. The largest absolute Gasteiger partial charge is 0.506 e. The van der Waals surface area contributed by atoms with E-state index >= 15 is 0 Å². The highest BCUT2D eigenvalue weighted by Crippen LogP contribution is 2.27. The van der Waals surface area contributed by atoms with Gasteiger partial charge in [-0.25, -0.2) is 0 Å². The molecule has 1 aromatic carbocycles. The number of piperazine rings is 1. The molecule has 5 nitrogen and oxygen atoms in total. The van der Waals surface area contributed by atoms with E-state index in [2.05, 4.69) is 20.1 Å². The van der Waals surface area contributed by atoms with Crippen LogP contribution in [0.1, 0.15) is 26.2 Å². The van der Waals surface area contributed by atoms with Gasteiger partial charge in [0.1, 0.15) is 5.75 Å². The first-order valence-electron chi connectivity index (χ1n) is 9.03.